The Hall–Kier alpha value is -3.18. The van der Waals surface area contributed by atoms with E-state index in [1.807, 2.05) is 41.0 Å². The van der Waals surface area contributed by atoms with Crippen molar-refractivity contribution < 1.29 is 9.18 Å². The monoisotopic (exact) mass is 365 g/mol. The number of hydrogen-bond acceptors (Lipinski definition) is 2. The third kappa shape index (κ3) is 3.05. The minimum atomic E-state index is -0.530. The maximum Gasteiger partial charge on any atom is 0.255 e. The molecule has 0 fully saturated rings. The summed E-state index contributed by atoms with van der Waals surface area (Å²) in [4.78, 5) is 16.8. The molecule has 0 aliphatic carbocycles. The van der Waals surface area contributed by atoms with Crippen LogP contribution in [0.1, 0.15) is 10.4 Å². The van der Waals surface area contributed by atoms with Gasteiger partial charge in [-0.05, 0) is 48.5 Å². The minimum absolute atomic E-state index is 0.0418. The molecule has 0 unspecified atom stereocenters. The third-order valence-electron chi connectivity index (χ3n) is 4.02. The van der Waals surface area contributed by atoms with Crippen molar-refractivity contribution in [1.29, 1.82) is 0 Å². The normalized spacial score (nSPS) is 10.8. The zero-order chi connectivity index (χ0) is 18.1. The number of para-hydroxylation sites is 1. The van der Waals surface area contributed by atoms with E-state index in [1.54, 1.807) is 18.5 Å². The van der Waals surface area contributed by atoms with E-state index in [1.165, 1.54) is 18.2 Å². The number of benzene rings is 3. The molecule has 4 aromatic rings. The third-order valence-corrected chi connectivity index (χ3v) is 4.31. The van der Waals surface area contributed by atoms with Gasteiger partial charge in [0, 0.05) is 16.9 Å². The summed E-state index contributed by atoms with van der Waals surface area (Å²) in [7, 11) is 0. The van der Waals surface area contributed by atoms with Crippen molar-refractivity contribution in [2.24, 2.45) is 0 Å². The van der Waals surface area contributed by atoms with Gasteiger partial charge in [-0.3, -0.25) is 9.36 Å². The number of carbonyl (C=O) groups is 1. The van der Waals surface area contributed by atoms with Crippen LogP contribution in [0.25, 0.3) is 16.7 Å². The van der Waals surface area contributed by atoms with Crippen molar-refractivity contribution in [3.05, 3.63) is 89.5 Å². The topological polar surface area (TPSA) is 46.9 Å². The molecule has 128 valence electrons. The van der Waals surface area contributed by atoms with Crippen LogP contribution in [0.5, 0.6) is 0 Å². The number of halogens is 2. The molecule has 0 radical (unpaired) electrons. The fourth-order valence-electron chi connectivity index (χ4n) is 2.73. The highest BCUT2D eigenvalue weighted by atomic mass is 35.5. The molecule has 1 aromatic heterocycles. The summed E-state index contributed by atoms with van der Waals surface area (Å²) in [5.74, 6) is -0.846. The average molecular weight is 366 g/mol. The maximum atomic E-state index is 13.2. The molecule has 6 heteroatoms. The molecule has 0 saturated carbocycles. The van der Waals surface area contributed by atoms with Gasteiger partial charge in [-0.2, -0.15) is 0 Å². The van der Waals surface area contributed by atoms with Gasteiger partial charge in [-0.25, -0.2) is 9.37 Å². The Morgan fingerprint density at radius 3 is 2.62 bits per heavy atom. The Balaban J connectivity index is 1.63. The Morgan fingerprint density at radius 1 is 1.04 bits per heavy atom. The molecular formula is C20H13ClFN3O. The summed E-state index contributed by atoms with van der Waals surface area (Å²) in [6.07, 6.45) is 1.72. The largest absolute Gasteiger partial charge is 0.322 e. The standard InChI is InChI=1S/C20H13ClFN3O/c21-16-11-14(7-8-17(16)22)24-20(26)13-6-9-19-18(10-13)23-12-25(19)15-4-2-1-3-5-15/h1-12H,(H,24,26). The molecule has 26 heavy (non-hydrogen) atoms. The second kappa shape index (κ2) is 6.61. The molecule has 3 aromatic carbocycles. The van der Waals surface area contributed by atoms with Gasteiger partial charge in [0.1, 0.15) is 12.1 Å². The fourth-order valence-corrected chi connectivity index (χ4v) is 2.91. The molecule has 0 spiro atoms. The molecule has 4 nitrogen and oxygen atoms in total. The number of carbonyl (C=O) groups excluding carboxylic acids is 1. The van der Waals surface area contributed by atoms with Gasteiger partial charge in [-0.1, -0.05) is 29.8 Å². The number of amides is 1. The van der Waals surface area contributed by atoms with Gasteiger partial charge >= 0.3 is 0 Å². The lowest BCUT2D eigenvalue weighted by Gasteiger charge is -2.07. The van der Waals surface area contributed by atoms with Crippen molar-refractivity contribution in [2.45, 2.75) is 0 Å². The van der Waals surface area contributed by atoms with E-state index >= 15 is 0 Å². The van der Waals surface area contributed by atoms with Crippen LogP contribution in [-0.4, -0.2) is 15.5 Å². The van der Waals surface area contributed by atoms with Crippen LogP contribution in [0, 0.1) is 5.82 Å². The molecule has 1 heterocycles. The summed E-state index contributed by atoms with van der Waals surface area (Å²) in [6, 6.07) is 19.2. The lowest BCUT2D eigenvalue weighted by atomic mass is 10.1. The first-order chi connectivity index (χ1) is 12.6. The summed E-state index contributed by atoms with van der Waals surface area (Å²) in [5.41, 5.74) is 3.48. The van der Waals surface area contributed by atoms with E-state index in [2.05, 4.69) is 10.3 Å². The van der Waals surface area contributed by atoms with E-state index in [9.17, 15) is 9.18 Å². The molecule has 0 saturated heterocycles. The quantitative estimate of drug-likeness (QED) is 0.551. The number of anilines is 1. The number of fused-ring (bicyclic) bond motifs is 1. The Labute approximate surface area is 153 Å². The highest BCUT2D eigenvalue weighted by Crippen LogP contribution is 2.22. The molecule has 0 bridgehead atoms. The van der Waals surface area contributed by atoms with Crippen molar-refractivity contribution in [2.75, 3.05) is 5.32 Å². The number of imidazole rings is 1. The molecule has 0 atom stereocenters. The fraction of sp³-hybridized carbons (Fsp3) is 0. The van der Waals surface area contributed by atoms with Crippen LogP contribution < -0.4 is 5.32 Å². The van der Waals surface area contributed by atoms with Gasteiger partial charge in [-0.15, -0.1) is 0 Å². The Kier molecular flexibility index (Phi) is 4.14. The summed E-state index contributed by atoms with van der Waals surface area (Å²) >= 11 is 5.74. The lowest BCUT2D eigenvalue weighted by molar-refractivity contribution is 0.102. The first kappa shape index (κ1) is 16.3. The number of nitrogens with zero attached hydrogens (tertiary/aromatic N) is 2. The van der Waals surface area contributed by atoms with Crippen molar-refractivity contribution in [3.8, 4) is 5.69 Å². The molecule has 1 amide bonds. The van der Waals surface area contributed by atoms with Crippen LogP contribution in [0.2, 0.25) is 5.02 Å². The van der Waals surface area contributed by atoms with Gasteiger partial charge < -0.3 is 5.32 Å². The molecule has 0 aliphatic heterocycles. The predicted molar refractivity (Wildman–Crippen MR) is 100 cm³/mol. The molecule has 0 aliphatic rings. The highest BCUT2D eigenvalue weighted by Gasteiger charge is 2.11. The molecule has 1 N–H and O–H groups in total. The second-order valence-electron chi connectivity index (χ2n) is 5.74. The van der Waals surface area contributed by atoms with Gasteiger partial charge in [0.2, 0.25) is 0 Å². The van der Waals surface area contributed by atoms with Crippen LogP contribution in [0.3, 0.4) is 0 Å². The van der Waals surface area contributed by atoms with Crippen molar-refractivity contribution in [1.82, 2.24) is 9.55 Å². The Bertz CT molecular complexity index is 1110. The highest BCUT2D eigenvalue weighted by molar-refractivity contribution is 6.31. The number of rotatable bonds is 3. The van der Waals surface area contributed by atoms with Crippen LogP contribution >= 0.6 is 11.6 Å². The number of aromatic nitrogens is 2. The first-order valence-electron chi connectivity index (χ1n) is 7.91. The first-order valence-corrected chi connectivity index (χ1v) is 8.28. The van der Waals surface area contributed by atoms with Crippen LogP contribution in [-0.2, 0) is 0 Å². The van der Waals surface area contributed by atoms with Crippen LogP contribution in [0.15, 0.2) is 73.1 Å². The smallest absolute Gasteiger partial charge is 0.255 e. The average Bonchev–Trinajstić information content (AvgIpc) is 3.08. The number of nitrogens with one attached hydrogen (secondary N) is 1. The minimum Gasteiger partial charge on any atom is -0.322 e. The predicted octanol–water partition coefficient (Wildman–Crippen LogP) is 5.07. The summed E-state index contributed by atoms with van der Waals surface area (Å²) < 4.78 is 15.2. The summed E-state index contributed by atoms with van der Waals surface area (Å²) in [5, 5.41) is 2.66. The molecule has 4 rings (SSSR count). The molecular weight excluding hydrogens is 353 g/mol. The van der Waals surface area contributed by atoms with E-state index in [0.29, 0.717) is 16.8 Å². The zero-order valence-corrected chi connectivity index (χ0v) is 14.2. The van der Waals surface area contributed by atoms with Gasteiger partial charge in [0.25, 0.3) is 5.91 Å². The lowest BCUT2D eigenvalue weighted by Crippen LogP contribution is -2.11. The van der Waals surface area contributed by atoms with E-state index in [0.717, 1.165) is 11.2 Å². The van der Waals surface area contributed by atoms with E-state index in [4.69, 9.17) is 11.6 Å². The van der Waals surface area contributed by atoms with E-state index in [-0.39, 0.29) is 10.9 Å². The van der Waals surface area contributed by atoms with Crippen LogP contribution in [0.4, 0.5) is 10.1 Å². The number of hydrogen-bond donors (Lipinski definition) is 1. The van der Waals surface area contributed by atoms with Gasteiger partial charge in [0.05, 0.1) is 16.1 Å². The second-order valence-corrected chi connectivity index (χ2v) is 6.14. The summed E-state index contributed by atoms with van der Waals surface area (Å²) in [6.45, 7) is 0. The van der Waals surface area contributed by atoms with Gasteiger partial charge in [0.15, 0.2) is 0 Å². The Morgan fingerprint density at radius 2 is 1.85 bits per heavy atom. The van der Waals surface area contributed by atoms with Crippen molar-refractivity contribution in [3.63, 3.8) is 0 Å². The zero-order valence-electron chi connectivity index (χ0n) is 13.5. The SMILES string of the molecule is O=C(Nc1ccc(F)c(Cl)c1)c1ccc2c(c1)ncn2-c1ccccc1. The maximum absolute atomic E-state index is 13.2. The van der Waals surface area contributed by atoms with E-state index < -0.39 is 5.82 Å². The van der Waals surface area contributed by atoms with Crippen molar-refractivity contribution >= 4 is 34.2 Å².